The van der Waals surface area contributed by atoms with Crippen LogP contribution in [0.4, 0.5) is 0 Å². The predicted octanol–water partition coefficient (Wildman–Crippen LogP) is 2.63. The lowest BCUT2D eigenvalue weighted by molar-refractivity contribution is -0.0613. The molecule has 8 nitrogen and oxygen atoms in total. The monoisotopic (exact) mass is 569 g/mol. The standard InChI is InChI=1S/C32H63N3O5/c1-35(22-24-18-31(39)27(12-9-14-33)32(40)19-24)21-23-16-29(37)26(30(38)17-23)11-5-3-2-4-8-15-34-20-25-10-6-7-13-28(25)36/h23-32,34,36-40H,2-22,33H2,1H3. The largest absolute Gasteiger partial charge is 0.393 e. The first-order valence-electron chi connectivity index (χ1n) is 16.8. The number of hydrogen-bond donors (Lipinski definition) is 7. The fraction of sp³-hybridized carbons (Fsp3) is 1.00. The van der Waals surface area contributed by atoms with Crippen LogP contribution in [0, 0.1) is 29.6 Å². The fourth-order valence-electron chi connectivity index (χ4n) is 8.02. The van der Waals surface area contributed by atoms with E-state index in [1.807, 2.05) is 0 Å². The van der Waals surface area contributed by atoms with Crippen molar-refractivity contribution in [2.75, 3.05) is 39.8 Å². The van der Waals surface area contributed by atoms with E-state index in [-0.39, 0.29) is 29.8 Å². The Morgan fingerprint density at radius 3 is 1.70 bits per heavy atom. The maximum absolute atomic E-state index is 10.9. The first kappa shape index (κ1) is 34.2. The van der Waals surface area contributed by atoms with Crippen molar-refractivity contribution in [3.63, 3.8) is 0 Å². The average Bonchev–Trinajstić information content (AvgIpc) is 2.89. The van der Waals surface area contributed by atoms with Crippen molar-refractivity contribution < 1.29 is 25.5 Å². The molecule has 236 valence electrons. The molecule has 0 bridgehead atoms. The SMILES string of the molecule is CN(CC1CC(O)C(CCCN)C(O)C1)CC1CC(O)C(CCCCCCCNCC2CCCCC2O)C(O)C1. The van der Waals surface area contributed by atoms with E-state index in [2.05, 4.69) is 17.3 Å². The van der Waals surface area contributed by atoms with E-state index in [9.17, 15) is 25.5 Å². The van der Waals surface area contributed by atoms with E-state index >= 15 is 0 Å². The zero-order valence-electron chi connectivity index (χ0n) is 25.4. The molecule has 0 saturated heterocycles. The molecule has 8 N–H and O–H groups in total. The highest BCUT2D eigenvalue weighted by Gasteiger charge is 2.38. The van der Waals surface area contributed by atoms with Gasteiger partial charge in [0.15, 0.2) is 0 Å². The van der Waals surface area contributed by atoms with Gasteiger partial charge in [0.1, 0.15) is 0 Å². The number of rotatable bonds is 17. The van der Waals surface area contributed by atoms with Crippen LogP contribution in [0.5, 0.6) is 0 Å². The molecule has 40 heavy (non-hydrogen) atoms. The lowest BCUT2D eigenvalue weighted by Gasteiger charge is -2.41. The molecule has 0 radical (unpaired) electrons. The summed E-state index contributed by atoms with van der Waals surface area (Å²) in [7, 11) is 2.08. The molecule has 0 amide bonds. The normalized spacial score (nSPS) is 37.2. The summed E-state index contributed by atoms with van der Waals surface area (Å²) >= 11 is 0. The van der Waals surface area contributed by atoms with Gasteiger partial charge in [-0.15, -0.1) is 0 Å². The molecule has 0 aromatic carbocycles. The highest BCUT2D eigenvalue weighted by Crippen LogP contribution is 2.35. The third-order valence-corrected chi connectivity index (χ3v) is 10.3. The maximum Gasteiger partial charge on any atom is 0.0596 e. The maximum atomic E-state index is 10.9. The lowest BCUT2D eigenvalue weighted by atomic mass is 9.74. The first-order valence-corrected chi connectivity index (χ1v) is 16.8. The molecular weight excluding hydrogens is 506 g/mol. The Hall–Kier alpha value is -0.320. The van der Waals surface area contributed by atoms with E-state index in [1.165, 1.54) is 32.1 Å². The summed E-state index contributed by atoms with van der Waals surface area (Å²) in [5.74, 6) is 0.885. The molecule has 0 aromatic heterocycles. The quantitative estimate of drug-likeness (QED) is 0.133. The molecule has 3 saturated carbocycles. The lowest BCUT2D eigenvalue weighted by Crippen LogP contribution is -2.45. The number of aliphatic hydroxyl groups is 5. The van der Waals surface area contributed by atoms with Crippen LogP contribution in [0.25, 0.3) is 0 Å². The predicted molar refractivity (Wildman–Crippen MR) is 161 cm³/mol. The van der Waals surface area contributed by atoms with Crippen molar-refractivity contribution in [1.82, 2.24) is 10.2 Å². The van der Waals surface area contributed by atoms with E-state index in [4.69, 9.17) is 5.73 Å². The minimum absolute atomic E-state index is 0.0146. The summed E-state index contributed by atoms with van der Waals surface area (Å²) in [6, 6.07) is 0. The number of nitrogens with zero attached hydrogens (tertiary/aromatic N) is 1. The molecule has 8 heteroatoms. The van der Waals surface area contributed by atoms with E-state index in [1.54, 1.807) is 0 Å². The van der Waals surface area contributed by atoms with Crippen LogP contribution in [0.2, 0.25) is 0 Å². The van der Waals surface area contributed by atoms with Crippen LogP contribution in [0.1, 0.15) is 103 Å². The van der Waals surface area contributed by atoms with Crippen molar-refractivity contribution in [2.45, 2.75) is 133 Å². The van der Waals surface area contributed by atoms with Crippen LogP contribution >= 0.6 is 0 Å². The summed E-state index contributed by atoms with van der Waals surface area (Å²) in [4.78, 5) is 2.26. The summed E-state index contributed by atoms with van der Waals surface area (Å²) in [6.45, 7) is 4.21. The molecule has 3 aliphatic rings. The second-order valence-electron chi connectivity index (χ2n) is 13.8. The van der Waals surface area contributed by atoms with Crippen molar-refractivity contribution in [3.8, 4) is 0 Å². The molecule has 6 atom stereocenters. The fourth-order valence-corrected chi connectivity index (χ4v) is 8.02. The van der Waals surface area contributed by atoms with Gasteiger partial charge in [0.2, 0.25) is 0 Å². The molecule has 6 unspecified atom stereocenters. The van der Waals surface area contributed by atoms with Crippen molar-refractivity contribution >= 4 is 0 Å². The summed E-state index contributed by atoms with van der Waals surface area (Å²) in [6.07, 6.45) is 13.8. The number of hydrogen-bond acceptors (Lipinski definition) is 8. The smallest absolute Gasteiger partial charge is 0.0596 e. The second-order valence-corrected chi connectivity index (χ2v) is 13.8. The van der Waals surface area contributed by atoms with Crippen molar-refractivity contribution in [2.24, 2.45) is 35.3 Å². The minimum atomic E-state index is -0.467. The van der Waals surface area contributed by atoms with Crippen LogP contribution in [-0.4, -0.2) is 101 Å². The Kier molecular flexibility index (Phi) is 15.7. The van der Waals surface area contributed by atoms with Gasteiger partial charge in [-0.25, -0.2) is 0 Å². The number of nitrogens with two attached hydrogens (primary N) is 1. The van der Waals surface area contributed by atoms with Gasteiger partial charge in [-0.1, -0.05) is 38.5 Å². The molecule has 0 aromatic rings. The van der Waals surface area contributed by atoms with Gasteiger partial charge in [-0.2, -0.15) is 0 Å². The third-order valence-electron chi connectivity index (χ3n) is 10.3. The Bertz CT molecular complexity index is 648. The van der Waals surface area contributed by atoms with Crippen LogP contribution < -0.4 is 11.1 Å². The topological polar surface area (TPSA) is 142 Å². The van der Waals surface area contributed by atoms with Crippen molar-refractivity contribution in [3.05, 3.63) is 0 Å². The first-order chi connectivity index (χ1) is 19.3. The molecule has 0 aliphatic heterocycles. The van der Waals surface area contributed by atoms with Gasteiger partial charge in [-0.3, -0.25) is 0 Å². The number of nitrogens with one attached hydrogen (secondary N) is 1. The molecule has 3 rings (SSSR count). The van der Waals surface area contributed by atoms with E-state index in [0.717, 1.165) is 96.8 Å². The van der Waals surface area contributed by atoms with Gasteiger partial charge >= 0.3 is 0 Å². The molecule has 3 aliphatic carbocycles. The summed E-state index contributed by atoms with van der Waals surface area (Å²) < 4.78 is 0. The summed E-state index contributed by atoms with van der Waals surface area (Å²) in [5, 5.41) is 56.5. The van der Waals surface area contributed by atoms with Gasteiger partial charge in [0, 0.05) is 31.5 Å². The van der Waals surface area contributed by atoms with E-state index < -0.39 is 24.4 Å². The van der Waals surface area contributed by atoms with Gasteiger partial charge in [0.25, 0.3) is 0 Å². The second kappa shape index (κ2) is 18.4. The molecular formula is C32H63N3O5. The Morgan fingerprint density at radius 1 is 0.650 bits per heavy atom. The number of unbranched alkanes of at least 4 members (excludes halogenated alkanes) is 4. The van der Waals surface area contributed by atoms with Gasteiger partial charge in [0.05, 0.1) is 30.5 Å². The highest BCUT2D eigenvalue weighted by molar-refractivity contribution is 4.89. The summed E-state index contributed by atoms with van der Waals surface area (Å²) in [5.41, 5.74) is 5.61. The Morgan fingerprint density at radius 2 is 1.15 bits per heavy atom. The van der Waals surface area contributed by atoms with Crippen molar-refractivity contribution in [1.29, 1.82) is 0 Å². The van der Waals surface area contributed by atoms with Gasteiger partial charge < -0.3 is 41.5 Å². The molecule has 0 spiro atoms. The average molecular weight is 570 g/mol. The van der Waals surface area contributed by atoms with E-state index in [0.29, 0.717) is 12.5 Å². The Balaban J connectivity index is 1.23. The zero-order valence-corrected chi connectivity index (χ0v) is 25.4. The third kappa shape index (κ3) is 11.4. The van der Waals surface area contributed by atoms with Crippen LogP contribution in [-0.2, 0) is 0 Å². The van der Waals surface area contributed by atoms with Gasteiger partial charge in [-0.05, 0) is 102 Å². The van der Waals surface area contributed by atoms with Crippen LogP contribution in [0.15, 0.2) is 0 Å². The Labute approximate surface area is 244 Å². The van der Waals surface area contributed by atoms with Crippen LogP contribution in [0.3, 0.4) is 0 Å². The highest BCUT2D eigenvalue weighted by atomic mass is 16.3. The number of aliphatic hydroxyl groups excluding tert-OH is 5. The molecule has 3 fully saturated rings. The minimum Gasteiger partial charge on any atom is -0.393 e. The zero-order chi connectivity index (χ0) is 28.9. The molecule has 0 heterocycles.